The van der Waals surface area contributed by atoms with Crippen LogP contribution in [0, 0.1) is 16.0 Å². The van der Waals surface area contributed by atoms with Gasteiger partial charge in [-0.3, -0.25) is 14.9 Å². The molecule has 1 saturated carbocycles. The van der Waals surface area contributed by atoms with Gasteiger partial charge in [-0.25, -0.2) is 4.79 Å². The minimum atomic E-state index is -0.858. The first-order valence-corrected chi connectivity index (χ1v) is 7.89. The third kappa shape index (κ3) is 4.43. The lowest BCUT2D eigenvalue weighted by Crippen LogP contribution is -2.42. The minimum Gasteiger partial charge on any atom is -0.452 e. The van der Waals surface area contributed by atoms with E-state index in [1.807, 2.05) is 0 Å². The Bertz CT molecular complexity index is 647. The highest BCUT2D eigenvalue weighted by Gasteiger charge is 2.23. The topological polar surface area (TPSA) is 125 Å². The van der Waals surface area contributed by atoms with Gasteiger partial charge in [0, 0.05) is 23.9 Å². The van der Waals surface area contributed by atoms with Crippen molar-refractivity contribution in [3.8, 4) is 0 Å². The van der Waals surface area contributed by atoms with E-state index in [2.05, 4.69) is 12.2 Å². The summed E-state index contributed by atoms with van der Waals surface area (Å²) in [4.78, 5) is 34.0. The Morgan fingerprint density at radius 1 is 1.38 bits per heavy atom. The lowest BCUT2D eigenvalue weighted by Gasteiger charge is -2.29. The van der Waals surface area contributed by atoms with E-state index in [1.54, 1.807) is 0 Å². The van der Waals surface area contributed by atoms with Crippen LogP contribution in [0.15, 0.2) is 18.2 Å². The number of ether oxygens (including phenoxy) is 1. The van der Waals surface area contributed by atoms with Crippen molar-refractivity contribution < 1.29 is 19.2 Å². The summed E-state index contributed by atoms with van der Waals surface area (Å²) in [5, 5.41) is 13.6. The van der Waals surface area contributed by atoms with Crippen molar-refractivity contribution in [3.05, 3.63) is 33.9 Å². The second-order valence-electron chi connectivity index (χ2n) is 6.04. The van der Waals surface area contributed by atoms with Gasteiger partial charge in [0.15, 0.2) is 6.61 Å². The molecule has 0 aromatic heterocycles. The van der Waals surface area contributed by atoms with E-state index in [-0.39, 0.29) is 28.9 Å². The minimum absolute atomic E-state index is 0.0620. The smallest absolute Gasteiger partial charge is 0.341 e. The number of nitro benzene ring substituents is 1. The lowest BCUT2D eigenvalue weighted by atomic mass is 9.86. The normalized spacial score (nSPS) is 20.2. The molecule has 0 radical (unpaired) electrons. The molecule has 0 aliphatic heterocycles. The number of nitrogen functional groups attached to an aromatic ring is 1. The molecule has 1 aliphatic rings. The number of amides is 1. The maximum absolute atomic E-state index is 12.0. The highest BCUT2D eigenvalue weighted by molar-refractivity contribution is 5.97. The SMILES string of the molecule is C[C@H]1CCCC[C@@H]1NC(=O)COC(=O)c1cc([N+](=O)[O-])ccc1N. The molecular formula is C16H21N3O5. The molecule has 1 aliphatic carbocycles. The number of hydrogen-bond acceptors (Lipinski definition) is 6. The number of carbonyl (C=O) groups is 2. The molecule has 1 fully saturated rings. The molecule has 0 spiro atoms. The monoisotopic (exact) mass is 335 g/mol. The number of carbonyl (C=O) groups excluding carboxylic acids is 2. The standard InChI is InChI=1S/C16H21N3O5/c1-10-4-2-3-5-14(10)18-15(20)9-24-16(21)12-8-11(19(22)23)6-7-13(12)17/h6-8,10,14H,2-5,9,17H2,1H3,(H,18,20)/t10-,14-/m0/s1. The van der Waals surface area contributed by atoms with Crippen molar-refractivity contribution >= 4 is 23.3 Å². The molecule has 0 bridgehead atoms. The largest absolute Gasteiger partial charge is 0.452 e. The zero-order valence-electron chi connectivity index (χ0n) is 13.5. The Labute approximate surface area is 139 Å². The number of anilines is 1. The molecule has 1 aromatic carbocycles. The van der Waals surface area contributed by atoms with E-state index in [0.29, 0.717) is 5.92 Å². The van der Waals surface area contributed by atoms with E-state index >= 15 is 0 Å². The molecule has 1 aromatic rings. The predicted octanol–water partition coefficient (Wildman–Crippen LogP) is 2.03. The fourth-order valence-electron chi connectivity index (χ4n) is 2.82. The van der Waals surface area contributed by atoms with Crippen molar-refractivity contribution in [1.29, 1.82) is 0 Å². The molecule has 130 valence electrons. The Hall–Kier alpha value is -2.64. The molecule has 24 heavy (non-hydrogen) atoms. The van der Waals surface area contributed by atoms with Gasteiger partial charge in [0.2, 0.25) is 0 Å². The molecule has 2 atom stereocenters. The molecule has 2 rings (SSSR count). The van der Waals surface area contributed by atoms with E-state index in [9.17, 15) is 19.7 Å². The molecule has 1 amide bonds. The number of hydrogen-bond donors (Lipinski definition) is 2. The fraction of sp³-hybridized carbons (Fsp3) is 0.500. The maximum Gasteiger partial charge on any atom is 0.341 e. The van der Waals surface area contributed by atoms with E-state index < -0.39 is 17.5 Å². The van der Waals surface area contributed by atoms with Gasteiger partial charge >= 0.3 is 5.97 Å². The Morgan fingerprint density at radius 3 is 2.75 bits per heavy atom. The third-order valence-electron chi connectivity index (χ3n) is 4.26. The van der Waals surface area contributed by atoms with Crippen LogP contribution in [0.1, 0.15) is 43.0 Å². The Morgan fingerprint density at radius 2 is 2.08 bits per heavy atom. The molecule has 3 N–H and O–H groups in total. The molecule has 8 heteroatoms. The molecule has 0 unspecified atom stereocenters. The maximum atomic E-state index is 12.0. The number of nitrogens with two attached hydrogens (primary N) is 1. The van der Waals surface area contributed by atoms with Crippen LogP contribution in [-0.4, -0.2) is 29.4 Å². The summed E-state index contributed by atoms with van der Waals surface area (Å²) in [6, 6.07) is 3.59. The van der Waals surface area contributed by atoms with Gasteiger partial charge in [0.25, 0.3) is 11.6 Å². The lowest BCUT2D eigenvalue weighted by molar-refractivity contribution is -0.384. The number of nitrogens with one attached hydrogen (secondary N) is 1. The van der Waals surface area contributed by atoms with Gasteiger partial charge in [0.05, 0.1) is 10.5 Å². The van der Waals surface area contributed by atoms with Gasteiger partial charge in [-0.15, -0.1) is 0 Å². The van der Waals surface area contributed by atoms with Crippen LogP contribution in [-0.2, 0) is 9.53 Å². The van der Waals surface area contributed by atoms with Crippen molar-refractivity contribution in [3.63, 3.8) is 0 Å². The second kappa shape index (κ2) is 7.76. The van der Waals surface area contributed by atoms with Crippen LogP contribution in [0.5, 0.6) is 0 Å². The third-order valence-corrected chi connectivity index (χ3v) is 4.26. The average Bonchev–Trinajstić information content (AvgIpc) is 2.55. The predicted molar refractivity (Wildman–Crippen MR) is 87.4 cm³/mol. The fourth-order valence-corrected chi connectivity index (χ4v) is 2.82. The molecule has 0 heterocycles. The van der Waals surface area contributed by atoms with Crippen molar-refractivity contribution in [2.45, 2.75) is 38.6 Å². The zero-order valence-corrected chi connectivity index (χ0v) is 13.5. The van der Waals surface area contributed by atoms with Gasteiger partial charge in [-0.2, -0.15) is 0 Å². The van der Waals surface area contributed by atoms with Crippen LogP contribution in [0.2, 0.25) is 0 Å². The quantitative estimate of drug-likeness (QED) is 0.367. The first kappa shape index (κ1) is 17.7. The Kier molecular flexibility index (Phi) is 5.73. The van der Waals surface area contributed by atoms with Crippen LogP contribution in [0.3, 0.4) is 0 Å². The van der Waals surface area contributed by atoms with E-state index in [1.165, 1.54) is 12.1 Å². The summed E-state index contributed by atoms with van der Waals surface area (Å²) in [5.41, 5.74) is 5.31. The van der Waals surface area contributed by atoms with Gasteiger partial charge in [0.1, 0.15) is 0 Å². The highest BCUT2D eigenvalue weighted by atomic mass is 16.6. The summed E-state index contributed by atoms with van der Waals surface area (Å²) >= 11 is 0. The van der Waals surface area contributed by atoms with Crippen LogP contribution < -0.4 is 11.1 Å². The van der Waals surface area contributed by atoms with Gasteiger partial charge in [-0.1, -0.05) is 19.8 Å². The molecule has 8 nitrogen and oxygen atoms in total. The summed E-state index contributed by atoms with van der Waals surface area (Å²) in [7, 11) is 0. The number of benzene rings is 1. The van der Waals surface area contributed by atoms with Crippen LogP contribution in [0.4, 0.5) is 11.4 Å². The molecule has 0 saturated heterocycles. The second-order valence-corrected chi connectivity index (χ2v) is 6.04. The number of nitrogens with zero attached hydrogens (tertiary/aromatic N) is 1. The van der Waals surface area contributed by atoms with Crippen LogP contribution >= 0.6 is 0 Å². The summed E-state index contributed by atoms with van der Waals surface area (Å²) in [5.74, 6) is -0.847. The number of rotatable bonds is 5. The van der Waals surface area contributed by atoms with Crippen molar-refractivity contribution in [2.75, 3.05) is 12.3 Å². The summed E-state index contributed by atoms with van der Waals surface area (Å²) < 4.78 is 4.93. The van der Waals surface area contributed by atoms with E-state index in [0.717, 1.165) is 31.7 Å². The van der Waals surface area contributed by atoms with Gasteiger partial charge in [-0.05, 0) is 24.8 Å². The van der Waals surface area contributed by atoms with Crippen LogP contribution in [0.25, 0.3) is 0 Å². The molecular weight excluding hydrogens is 314 g/mol. The van der Waals surface area contributed by atoms with Crippen molar-refractivity contribution in [1.82, 2.24) is 5.32 Å². The summed E-state index contributed by atoms with van der Waals surface area (Å²) in [6.45, 7) is 1.64. The first-order valence-electron chi connectivity index (χ1n) is 7.89. The van der Waals surface area contributed by atoms with E-state index in [4.69, 9.17) is 10.5 Å². The number of nitro groups is 1. The van der Waals surface area contributed by atoms with Crippen molar-refractivity contribution in [2.24, 2.45) is 5.92 Å². The highest BCUT2D eigenvalue weighted by Crippen LogP contribution is 2.24. The number of non-ortho nitro benzene ring substituents is 1. The number of esters is 1. The Balaban J connectivity index is 1.91. The zero-order chi connectivity index (χ0) is 17.7. The van der Waals surface area contributed by atoms with Gasteiger partial charge < -0.3 is 15.8 Å². The average molecular weight is 335 g/mol. The first-order chi connectivity index (χ1) is 11.4. The summed E-state index contributed by atoms with van der Waals surface area (Å²) in [6.07, 6.45) is 4.21.